The molecule has 0 saturated carbocycles. The fourth-order valence-electron chi connectivity index (χ4n) is 6.61. The van der Waals surface area contributed by atoms with Crippen LogP contribution in [0.25, 0.3) is 11.6 Å². The molecule has 0 unspecified atom stereocenters. The summed E-state index contributed by atoms with van der Waals surface area (Å²) in [7, 11) is -7.28. The molecular weight excluding hydrogens is 645 g/mol. The van der Waals surface area contributed by atoms with Crippen molar-refractivity contribution in [1.82, 2.24) is 0 Å². The molecule has 13 heteroatoms. The quantitative estimate of drug-likeness (QED) is 0.198. The summed E-state index contributed by atoms with van der Waals surface area (Å²) < 4.78 is 78.6. The van der Waals surface area contributed by atoms with Crippen molar-refractivity contribution < 1.29 is 45.2 Å². The summed E-state index contributed by atoms with van der Waals surface area (Å²) in [6.45, 7) is 8.65. The van der Waals surface area contributed by atoms with Crippen molar-refractivity contribution in [2.45, 2.75) is 70.2 Å². The molecule has 0 atom stereocenters. The van der Waals surface area contributed by atoms with Gasteiger partial charge >= 0.3 is 5.97 Å². The number of allylic oxidation sites excluding steroid dienone is 2. The van der Waals surface area contributed by atoms with Gasteiger partial charge in [0.15, 0.2) is 5.71 Å². The maximum Gasteiger partial charge on any atom is 0.303 e. The van der Waals surface area contributed by atoms with Crippen LogP contribution in [0.4, 0.5) is 11.4 Å². The summed E-state index contributed by atoms with van der Waals surface area (Å²) in [5.41, 5.74) is 4.10. The van der Waals surface area contributed by atoms with E-state index in [1.807, 2.05) is 55.8 Å². The topological polar surface area (TPSA) is 167 Å². The number of anilines is 1. The highest BCUT2D eigenvalue weighted by Crippen LogP contribution is 2.49. The first-order valence-corrected chi connectivity index (χ1v) is 18.3. The van der Waals surface area contributed by atoms with Crippen molar-refractivity contribution in [2.24, 2.45) is 5.41 Å². The molecule has 252 valence electrons. The maximum absolute atomic E-state index is 12.0. The van der Waals surface area contributed by atoms with Gasteiger partial charge in [0.25, 0.3) is 0 Å². The van der Waals surface area contributed by atoms with E-state index in [1.165, 1.54) is 12.1 Å². The largest absolute Gasteiger partial charge is 0.748 e. The number of fused-ring (bicyclic) bond motifs is 3. The van der Waals surface area contributed by atoms with Crippen molar-refractivity contribution >= 4 is 54.9 Å². The average Bonchev–Trinajstić information content (AvgIpc) is 2.94. The second kappa shape index (κ2) is 12.3. The summed E-state index contributed by atoms with van der Waals surface area (Å²) in [5.74, 6) is -0.269. The summed E-state index contributed by atoms with van der Waals surface area (Å²) >= 11 is 0. The Hall–Kier alpha value is -3.78. The van der Waals surface area contributed by atoms with E-state index in [0.29, 0.717) is 60.6 Å². The molecular formula is C34H39N2O9S2-. The predicted octanol–water partition coefficient (Wildman–Crippen LogP) is 5.27. The van der Waals surface area contributed by atoms with Crippen LogP contribution in [0.1, 0.15) is 70.9 Å². The fraction of sp³-hybridized carbons (Fsp3) is 0.412. The number of hydrogen-bond donors (Lipinski definition) is 1. The molecule has 3 aliphatic rings. The van der Waals surface area contributed by atoms with Crippen LogP contribution in [-0.4, -0.2) is 72.2 Å². The highest BCUT2D eigenvalue weighted by molar-refractivity contribution is 7.86. The van der Waals surface area contributed by atoms with E-state index in [9.17, 15) is 30.7 Å². The van der Waals surface area contributed by atoms with Crippen LogP contribution in [-0.2, 0) is 25.0 Å². The zero-order chi connectivity index (χ0) is 34.5. The van der Waals surface area contributed by atoms with Gasteiger partial charge in [0, 0.05) is 71.5 Å². The molecule has 1 N–H and O–H groups in total. The number of carbonyl (C=O) groups is 1. The van der Waals surface area contributed by atoms with E-state index in [2.05, 4.69) is 18.7 Å². The molecule has 11 nitrogen and oxygen atoms in total. The fourth-order valence-corrected chi connectivity index (χ4v) is 7.69. The Bertz CT molecular complexity index is 1970. The summed E-state index contributed by atoms with van der Waals surface area (Å²) in [4.78, 5) is 12.8. The van der Waals surface area contributed by atoms with Crippen LogP contribution < -0.4 is 9.64 Å². The van der Waals surface area contributed by atoms with Gasteiger partial charge in [0.05, 0.1) is 26.3 Å². The lowest BCUT2D eigenvalue weighted by molar-refractivity contribution is -0.406. The van der Waals surface area contributed by atoms with E-state index in [-0.39, 0.29) is 16.7 Å². The van der Waals surface area contributed by atoms with Crippen LogP contribution >= 0.6 is 0 Å². The maximum atomic E-state index is 12.0. The van der Waals surface area contributed by atoms with E-state index >= 15 is 0 Å². The molecule has 2 aromatic carbocycles. The van der Waals surface area contributed by atoms with Crippen LogP contribution in [0.15, 0.2) is 64.8 Å². The molecule has 0 aromatic heterocycles. The molecule has 2 aliphatic heterocycles. The normalized spacial score (nSPS) is 19.3. The van der Waals surface area contributed by atoms with Crippen LogP contribution in [0, 0.1) is 5.41 Å². The van der Waals surface area contributed by atoms with Gasteiger partial charge in [0.2, 0.25) is 5.69 Å². The second-order valence-corrected chi connectivity index (χ2v) is 16.3. The molecule has 47 heavy (non-hydrogen) atoms. The smallest absolute Gasteiger partial charge is 0.303 e. The van der Waals surface area contributed by atoms with Gasteiger partial charge in [-0.15, -0.1) is 0 Å². The Morgan fingerprint density at radius 1 is 1.00 bits per heavy atom. The lowest BCUT2D eigenvalue weighted by Gasteiger charge is -2.44. The highest BCUT2D eigenvalue weighted by atomic mass is 32.2. The standard InChI is InChI=1S/C34H40N2O9S2/c1-33(2)20-25(35(5)24-10-12-26(13-11-24)47(42,43)44)17-31-28(33)16-22-15-27-23(21-46(39,40)41)19-34(3,4)36(29(27)18-30(22)45-31)14-8-6-7-9-32(37)38/h10-13,15-19H,6-9,14,20-21H2,1-5H3,(H2-,37,38,39,40,41,42,43,44)/p-1. The summed E-state index contributed by atoms with van der Waals surface area (Å²) in [5, 5.41) is 9.01. The first-order chi connectivity index (χ1) is 21.7. The van der Waals surface area contributed by atoms with Gasteiger partial charge in [-0.2, -0.15) is 4.58 Å². The Balaban J connectivity index is 1.56. The summed E-state index contributed by atoms with van der Waals surface area (Å²) in [6, 6.07) is 9.52. The van der Waals surface area contributed by atoms with E-state index in [4.69, 9.17) is 9.84 Å². The van der Waals surface area contributed by atoms with Gasteiger partial charge in [-0.1, -0.05) is 26.3 Å². The van der Waals surface area contributed by atoms with E-state index < -0.39 is 37.5 Å². The third-order valence-electron chi connectivity index (χ3n) is 8.97. The van der Waals surface area contributed by atoms with E-state index in [1.54, 1.807) is 12.1 Å². The van der Waals surface area contributed by atoms with Gasteiger partial charge in [0.1, 0.15) is 28.7 Å². The van der Waals surface area contributed by atoms with Crippen molar-refractivity contribution in [1.29, 1.82) is 0 Å². The van der Waals surface area contributed by atoms with Crippen molar-refractivity contribution in [3.63, 3.8) is 0 Å². The number of carboxylic acids is 1. The number of carboxylic acid groups (broad SMARTS) is 1. The lowest BCUT2D eigenvalue weighted by Crippen LogP contribution is -2.46. The third-order valence-corrected chi connectivity index (χ3v) is 10.5. The Kier molecular flexibility index (Phi) is 9.08. The van der Waals surface area contributed by atoms with Crippen LogP contribution in [0.3, 0.4) is 0 Å². The molecule has 0 amide bonds. The number of unbranched alkanes of at least 4 members (excludes halogenated alkanes) is 2. The van der Waals surface area contributed by atoms with Gasteiger partial charge in [-0.25, -0.2) is 16.8 Å². The van der Waals surface area contributed by atoms with Crippen molar-refractivity contribution in [3.05, 3.63) is 71.0 Å². The Morgan fingerprint density at radius 3 is 2.30 bits per heavy atom. The molecule has 2 aromatic rings. The van der Waals surface area contributed by atoms with Gasteiger partial charge in [-0.3, -0.25) is 4.79 Å². The average molecular weight is 684 g/mol. The van der Waals surface area contributed by atoms with Crippen molar-refractivity contribution in [3.8, 4) is 5.75 Å². The molecule has 0 saturated heterocycles. The zero-order valence-corrected chi connectivity index (χ0v) is 28.7. The SMILES string of the molecule is C[N+](=C1C=C2Oc3cc4c(cc3C=C2C(C)(C)C1)C(CS(=O)(=O)[O-])=CC(C)(C)N4CCCCCC(=O)O)c1ccc(S(=O)(=O)[O-])cc1. The third kappa shape index (κ3) is 7.53. The van der Waals surface area contributed by atoms with Crippen LogP contribution in [0.2, 0.25) is 0 Å². The summed E-state index contributed by atoms with van der Waals surface area (Å²) in [6.07, 6.45) is 8.49. The van der Waals surface area contributed by atoms with E-state index in [0.717, 1.165) is 22.5 Å². The molecule has 0 radical (unpaired) electrons. The number of benzene rings is 2. The monoisotopic (exact) mass is 683 g/mol. The molecule has 0 fully saturated rings. The number of hydrogen-bond acceptors (Lipinski definition) is 9. The molecule has 0 spiro atoms. The van der Waals surface area contributed by atoms with Gasteiger partial charge < -0.3 is 23.8 Å². The molecule has 1 aliphatic carbocycles. The molecule has 5 rings (SSSR count). The number of ether oxygens (including phenoxy) is 1. The Labute approximate surface area is 276 Å². The molecule has 0 bridgehead atoms. The number of aliphatic carboxylic acids is 1. The van der Waals surface area contributed by atoms with Gasteiger partial charge in [-0.05, 0) is 56.5 Å². The molecule has 2 heterocycles. The number of nitrogens with zero attached hydrogens (tertiary/aromatic N) is 2. The highest BCUT2D eigenvalue weighted by Gasteiger charge is 2.40. The number of rotatable bonds is 10. The lowest BCUT2D eigenvalue weighted by atomic mass is 9.73. The minimum absolute atomic E-state index is 0.0917. The second-order valence-electron chi connectivity index (χ2n) is 13.5. The first-order valence-electron chi connectivity index (χ1n) is 15.4. The predicted molar refractivity (Wildman–Crippen MR) is 177 cm³/mol. The van der Waals surface area contributed by atoms with Crippen LogP contribution in [0.5, 0.6) is 5.75 Å². The Morgan fingerprint density at radius 2 is 1.68 bits per heavy atom. The van der Waals surface area contributed by atoms with Crippen molar-refractivity contribution in [2.75, 3.05) is 24.2 Å². The zero-order valence-electron chi connectivity index (χ0n) is 27.1. The first kappa shape index (κ1) is 34.6. The minimum atomic E-state index is -4.57. The minimum Gasteiger partial charge on any atom is -0.748 e.